The molecule has 0 aromatic heterocycles. The van der Waals surface area contributed by atoms with E-state index in [0.717, 1.165) is 0 Å². The average molecular weight is 2090 g/mol. The number of phenolic OH excluding ortho intramolecular Hbond substituents is 1. The second-order valence-corrected chi connectivity index (χ2v) is 44.0. The molecule has 2 fully saturated rings. The zero-order valence-electron chi connectivity index (χ0n) is 91.7. The number of unbranched alkanes of at least 4 members (excludes halogenated alkanes) is 5. The highest BCUT2D eigenvalue weighted by Crippen LogP contribution is 2.27. The Morgan fingerprint density at radius 3 is 0.784 bits per heavy atom. The van der Waals surface area contributed by atoms with Crippen LogP contribution in [0.15, 0.2) is 24.3 Å². The molecule has 0 saturated carbocycles. The van der Waals surface area contributed by atoms with Gasteiger partial charge in [-0.1, -0.05) is 137 Å². The van der Waals surface area contributed by atoms with Gasteiger partial charge in [0.15, 0.2) is 0 Å². The lowest BCUT2D eigenvalue weighted by Gasteiger charge is -2.32. The molecular formula is C105H188N24O19. The minimum atomic E-state index is -1.30. The predicted octanol–water partition coefficient (Wildman–Crippen LogP) is 1.69. The number of amides is 18. The van der Waals surface area contributed by atoms with Crippen LogP contribution in [0.2, 0.25) is 0 Å². The maximum Gasteiger partial charge on any atom is 0.245 e. The van der Waals surface area contributed by atoms with Crippen LogP contribution in [0.1, 0.15) is 310 Å². The summed E-state index contributed by atoms with van der Waals surface area (Å²) in [6, 6.07) is -14.2. The first kappa shape index (κ1) is 131. The van der Waals surface area contributed by atoms with Crippen LogP contribution >= 0.6 is 0 Å². The number of primary amides is 1. The number of hydrogen-bond acceptors (Lipinski definition) is 25. The topological polar surface area (TPSA) is 697 Å². The van der Waals surface area contributed by atoms with Gasteiger partial charge in [0, 0.05) is 13.1 Å². The van der Waals surface area contributed by atoms with Crippen LogP contribution in [0.4, 0.5) is 0 Å². The molecule has 2 heterocycles. The molecule has 0 aliphatic carbocycles. The molecular weight excluding hydrogens is 1900 g/mol. The smallest absolute Gasteiger partial charge is 0.245 e. The van der Waals surface area contributed by atoms with Gasteiger partial charge in [0.25, 0.3) is 0 Å². The van der Waals surface area contributed by atoms with Crippen molar-refractivity contribution in [3.63, 3.8) is 0 Å². The molecule has 0 radical (unpaired) electrons. The Labute approximate surface area is 877 Å². The largest absolute Gasteiger partial charge is 0.508 e. The fraction of sp³-hybridized carbons (Fsp3) is 0.771. The van der Waals surface area contributed by atoms with E-state index in [2.05, 4.69) is 79.8 Å². The van der Waals surface area contributed by atoms with E-state index in [4.69, 9.17) is 40.1 Å². The molecule has 148 heavy (non-hydrogen) atoms. The van der Waals surface area contributed by atoms with Crippen molar-refractivity contribution in [1.82, 2.24) is 89.6 Å². The number of carbonyl (C=O) groups excluding carboxylic acids is 18. The van der Waals surface area contributed by atoms with Crippen LogP contribution in [-0.4, -0.2) is 276 Å². The maximum atomic E-state index is 15.2. The van der Waals surface area contributed by atoms with E-state index in [-0.39, 0.29) is 201 Å². The van der Waals surface area contributed by atoms with Gasteiger partial charge < -0.3 is 135 Å². The Bertz CT molecular complexity index is 4330. The summed E-state index contributed by atoms with van der Waals surface area (Å²) in [4.78, 5) is 263. The molecule has 43 heteroatoms. The van der Waals surface area contributed by atoms with E-state index in [9.17, 15) is 81.8 Å². The van der Waals surface area contributed by atoms with E-state index in [1.54, 1.807) is 12.1 Å². The molecule has 1 aromatic rings. The number of likely N-dealkylation sites (tertiary alicyclic amines) is 2. The normalized spacial score (nSPS) is 16.8. The first-order chi connectivity index (χ1) is 69.8. The molecule has 0 spiro atoms. The monoisotopic (exact) mass is 2090 g/mol. The third-order valence-corrected chi connectivity index (χ3v) is 25.8. The van der Waals surface area contributed by atoms with Gasteiger partial charge in [0.05, 0.1) is 12.6 Å². The first-order valence-electron chi connectivity index (χ1n) is 54.2. The van der Waals surface area contributed by atoms with Crippen LogP contribution in [0.25, 0.3) is 0 Å². The maximum absolute atomic E-state index is 15.2. The lowest BCUT2D eigenvalue weighted by molar-refractivity contribution is -0.143. The molecule has 2 aliphatic heterocycles. The van der Waals surface area contributed by atoms with Gasteiger partial charge in [-0.05, 0) is 290 Å². The van der Waals surface area contributed by atoms with Gasteiger partial charge in [-0.3, -0.25) is 86.3 Å². The van der Waals surface area contributed by atoms with Crippen LogP contribution in [0.5, 0.6) is 5.75 Å². The lowest BCUT2D eigenvalue weighted by Crippen LogP contribution is -2.61. The number of carbonyl (C=O) groups is 18. The molecule has 1 aromatic carbocycles. The van der Waals surface area contributed by atoms with Gasteiger partial charge in [-0.2, -0.15) is 0 Å². The third kappa shape index (κ3) is 49.8. The molecule has 0 unspecified atom stereocenters. The first-order valence-corrected chi connectivity index (χ1v) is 54.2. The van der Waals surface area contributed by atoms with Crippen molar-refractivity contribution in [3.05, 3.63) is 29.8 Å². The van der Waals surface area contributed by atoms with Crippen LogP contribution in [0, 0.1) is 53.3 Å². The van der Waals surface area contributed by atoms with Gasteiger partial charge in [0.1, 0.15) is 102 Å². The SMILES string of the molecule is CC(C)C[C@H](NC(=O)[C@H](CCCCN)NC(=O)[C@@H]1CCCN1C(=O)[C@H](CC(C)C)NC(=O)[C@H](CC(C)C)NC(=O)CNC(=O)[C@H](CCCCN)NC(=O)[C@H](CC(C)C)NC(=O)[C@H](CCCCN)NC(=O)[C@@H]1CCCN1C(=O)[C@H](CC(C)C)NC(=O)[C@H](CC(C)C)NC(=O)[C@H](CC(C)C)NC(=O)[C@H](CCCCN)NC(=O)[C@H](CC(C)C)NC(=O)[C@H](CC(C)C)NC(=O)[C@H](CCCCN)NC(=O)[C@@H](N)Cc1ccc(O)cc1)C(N)=O. The lowest BCUT2D eigenvalue weighted by atomic mass is 9.98. The molecule has 0 bridgehead atoms. The van der Waals surface area contributed by atoms with Crippen LogP contribution < -0.4 is 120 Å². The summed E-state index contributed by atoms with van der Waals surface area (Å²) in [5.74, 6) is -14.2. The van der Waals surface area contributed by atoms with E-state index < -0.39 is 216 Å². The van der Waals surface area contributed by atoms with Crippen molar-refractivity contribution in [2.45, 2.75) is 414 Å². The minimum Gasteiger partial charge on any atom is -0.508 e. The molecule has 2 saturated heterocycles. The van der Waals surface area contributed by atoms with Crippen LogP contribution in [0.3, 0.4) is 0 Å². The highest BCUT2D eigenvalue weighted by molar-refractivity contribution is 6.02. The van der Waals surface area contributed by atoms with Crippen molar-refractivity contribution in [1.29, 1.82) is 0 Å². The van der Waals surface area contributed by atoms with Crippen molar-refractivity contribution >= 4 is 106 Å². The summed E-state index contributed by atoms with van der Waals surface area (Å²) >= 11 is 0. The summed E-state index contributed by atoms with van der Waals surface area (Å²) in [5.41, 5.74) is 42.0. The summed E-state index contributed by atoms with van der Waals surface area (Å²) < 4.78 is 0. The van der Waals surface area contributed by atoms with Crippen molar-refractivity contribution in [2.24, 2.45) is 93.4 Å². The zero-order valence-corrected chi connectivity index (χ0v) is 91.7. The fourth-order valence-electron chi connectivity index (χ4n) is 18.2. The minimum absolute atomic E-state index is 0.00513. The molecule has 43 nitrogen and oxygen atoms in total. The van der Waals surface area contributed by atoms with E-state index in [0.29, 0.717) is 95.7 Å². The molecule has 17 atom stereocenters. The molecule has 30 N–H and O–H groups in total. The second-order valence-electron chi connectivity index (χ2n) is 44.0. The van der Waals surface area contributed by atoms with Crippen molar-refractivity contribution in [3.8, 4) is 5.75 Å². The molecule has 842 valence electrons. The molecule has 3 rings (SSSR count). The quantitative estimate of drug-likeness (QED) is 0.0413. The fourth-order valence-corrected chi connectivity index (χ4v) is 18.2. The number of hydrogen-bond donors (Lipinski definition) is 23. The summed E-state index contributed by atoms with van der Waals surface area (Å²) in [6.07, 6.45) is 6.99. The third-order valence-electron chi connectivity index (χ3n) is 25.8. The van der Waals surface area contributed by atoms with E-state index in [1.807, 2.05) is 125 Å². The summed E-state index contributed by atoms with van der Waals surface area (Å²) in [6.45, 7) is 34.0. The van der Waals surface area contributed by atoms with Gasteiger partial charge >= 0.3 is 0 Å². The van der Waals surface area contributed by atoms with E-state index in [1.165, 1.54) is 21.9 Å². The Morgan fingerprint density at radius 1 is 0.291 bits per heavy atom. The Balaban J connectivity index is 1.89. The molecule has 2 aliphatic rings. The number of nitrogens with two attached hydrogens (primary N) is 7. The highest BCUT2D eigenvalue weighted by Gasteiger charge is 2.45. The highest BCUT2D eigenvalue weighted by atomic mass is 16.3. The predicted molar refractivity (Wildman–Crippen MR) is 568 cm³/mol. The number of nitrogens with one attached hydrogen (secondary N) is 15. The van der Waals surface area contributed by atoms with Gasteiger partial charge in [0.2, 0.25) is 106 Å². The number of phenols is 1. The standard InChI is InChI=1S/C105H188N24O19/c1-60(2)49-77(89(112)132)120-92(135)75(34-22-27-45-109)118-102(145)86-36-29-47-128(86)104(147)84(56-67(15)16)126-96(139)78(50-61(3)4)114-88(131)59-113-91(134)72(31-19-24-42-106)116-97(140)79(51-62(5)6)121-95(138)76(35-23-28-46-110)119-103(146)87-37-30-48-129(87)105(148)85(57-68(17)18)127-101(144)83(55-66(13)14)125-100(143)82(54-65(11)12)123-94(137)74(33-21-26-44-108)117-98(141)80(52-63(7)8)124-99(142)81(53-64(9)10)122-93(136)73(32-20-25-43-107)115-90(133)71(111)58-69-38-40-70(130)41-39-69/h38-41,60-68,71-87,130H,19-37,42-59,106-111H2,1-18H3,(H2,112,132)(H,113,134)(H,114,131)(H,115,133)(H,116,140)(H,117,141)(H,118,145)(H,119,146)(H,120,135)(H,121,138)(H,122,136)(H,123,137)(H,124,142)(H,125,143)(H,126,139)(H,127,144)/t71-,72-,73-,74-,75-,76-,77-,78-,79-,80-,81-,82-,83-,84-,85-,86-,87-/m0/s1. The second kappa shape index (κ2) is 69.6. The number of rotatable bonds is 73. The van der Waals surface area contributed by atoms with Gasteiger partial charge in [-0.15, -0.1) is 0 Å². The van der Waals surface area contributed by atoms with Crippen molar-refractivity contribution in [2.75, 3.05) is 52.4 Å². The molecule has 18 amide bonds. The summed E-state index contributed by atoms with van der Waals surface area (Å²) in [7, 11) is 0. The van der Waals surface area contributed by atoms with Crippen LogP contribution in [-0.2, 0) is 92.7 Å². The number of aromatic hydroxyl groups is 1. The van der Waals surface area contributed by atoms with E-state index >= 15 is 9.59 Å². The Hall–Kier alpha value is -10.8. The number of nitrogens with zero attached hydrogens (tertiary/aromatic N) is 2. The summed E-state index contributed by atoms with van der Waals surface area (Å²) in [5, 5.41) is 51.8. The zero-order chi connectivity index (χ0) is 111. The Kier molecular flexibility index (Phi) is 61.8. The Morgan fingerprint density at radius 2 is 0.514 bits per heavy atom. The average Bonchev–Trinajstić information content (AvgIpc) is 1.72. The number of benzene rings is 1. The van der Waals surface area contributed by atoms with Crippen molar-refractivity contribution < 1.29 is 91.4 Å². The van der Waals surface area contributed by atoms with Gasteiger partial charge in [-0.25, -0.2) is 0 Å².